The molecular weight excluding hydrogens is 289 g/mol. The number of nitrogens with one attached hydrogen (secondary N) is 1. The third-order valence-electron chi connectivity index (χ3n) is 1.96. The predicted molar refractivity (Wildman–Crippen MR) is 69.5 cm³/mol. The number of amides is 1. The van der Waals surface area contributed by atoms with Crippen LogP contribution in [0, 0.1) is 12.3 Å². The Kier molecular flexibility index (Phi) is 4.01. The van der Waals surface area contributed by atoms with Gasteiger partial charge in [0.1, 0.15) is 0 Å². The highest BCUT2D eigenvalue weighted by molar-refractivity contribution is 9.10. The van der Waals surface area contributed by atoms with Crippen LogP contribution in [0.2, 0.25) is 5.02 Å². The van der Waals surface area contributed by atoms with Gasteiger partial charge >= 0.3 is 0 Å². The summed E-state index contributed by atoms with van der Waals surface area (Å²) in [5.74, 6) is 2.21. The second kappa shape index (κ2) is 4.90. The van der Waals surface area contributed by atoms with Crippen LogP contribution in [0.4, 0.5) is 0 Å². The molecule has 0 heterocycles. The number of terminal acetylenes is 1. The largest absolute Gasteiger partial charge is 0.336 e. The lowest BCUT2D eigenvalue weighted by Gasteiger charge is -2.19. The lowest BCUT2D eigenvalue weighted by Crippen LogP contribution is -2.42. The van der Waals surface area contributed by atoms with Gasteiger partial charge in [0.05, 0.1) is 16.1 Å². The third-order valence-corrected chi connectivity index (χ3v) is 2.77. The standard InChI is InChI=1S/C12H11BrClNO/c1-4-12(2,3)15-11(16)9-6-5-8(13)7-10(9)14/h1,5-7H,2-3H3,(H,15,16). The van der Waals surface area contributed by atoms with Crippen molar-refractivity contribution in [2.75, 3.05) is 0 Å². The average Bonchev–Trinajstić information content (AvgIpc) is 2.16. The second-order valence-corrected chi connectivity index (χ2v) is 5.17. The first-order valence-corrected chi connectivity index (χ1v) is 5.78. The minimum Gasteiger partial charge on any atom is -0.336 e. The summed E-state index contributed by atoms with van der Waals surface area (Å²) in [6.45, 7) is 3.50. The summed E-state index contributed by atoms with van der Waals surface area (Å²) in [7, 11) is 0. The predicted octanol–water partition coefficient (Wildman–Crippen LogP) is 3.24. The van der Waals surface area contributed by atoms with Gasteiger partial charge in [0.15, 0.2) is 0 Å². The molecule has 0 radical (unpaired) electrons. The highest BCUT2D eigenvalue weighted by Gasteiger charge is 2.19. The highest BCUT2D eigenvalue weighted by Crippen LogP contribution is 2.21. The van der Waals surface area contributed by atoms with E-state index in [1.807, 2.05) is 0 Å². The van der Waals surface area contributed by atoms with Gasteiger partial charge in [-0.05, 0) is 32.0 Å². The van der Waals surface area contributed by atoms with Crippen LogP contribution in [0.25, 0.3) is 0 Å². The number of hydrogen-bond donors (Lipinski definition) is 1. The number of rotatable bonds is 2. The molecule has 1 N–H and O–H groups in total. The fourth-order valence-corrected chi connectivity index (χ4v) is 1.82. The van der Waals surface area contributed by atoms with Gasteiger partial charge in [0.25, 0.3) is 5.91 Å². The van der Waals surface area contributed by atoms with Crippen LogP contribution >= 0.6 is 27.5 Å². The van der Waals surface area contributed by atoms with Gasteiger partial charge < -0.3 is 5.32 Å². The molecule has 0 spiro atoms. The summed E-state index contributed by atoms with van der Waals surface area (Å²) in [6.07, 6.45) is 5.29. The van der Waals surface area contributed by atoms with Crippen LogP contribution in [0.3, 0.4) is 0 Å². The van der Waals surface area contributed by atoms with Crippen molar-refractivity contribution >= 4 is 33.4 Å². The summed E-state index contributed by atoms with van der Waals surface area (Å²) >= 11 is 9.23. The van der Waals surface area contributed by atoms with Crippen molar-refractivity contribution in [2.45, 2.75) is 19.4 Å². The normalized spacial score (nSPS) is 10.7. The number of benzene rings is 1. The summed E-state index contributed by atoms with van der Waals surface area (Å²) in [6, 6.07) is 5.07. The van der Waals surface area contributed by atoms with Gasteiger partial charge in [0, 0.05) is 4.47 Å². The van der Waals surface area contributed by atoms with E-state index in [4.69, 9.17) is 18.0 Å². The van der Waals surface area contributed by atoms with Crippen LogP contribution in [0.5, 0.6) is 0 Å². The molecule has 2 nitrogen and oxygen atoms in total. The van der Waals surface area contributed by atoms with Crippen molar-refractivity contribution in [1.82, 2.24) is 5.32 Å². The molecule has 0 aliphatic carbocycles. The smallest absolute Gasteiger partial charge is 0.253 e. The molecule has 1 aromatic carbocycles. The molecule has 0 aromatic heterocycles. The zero-order chi connectivity index (χ0) is 12.3. The molecule has 0 aliphatic rings. The minimum atomic E-state index is -0.687. The second-order valence-electron chi connectivity index (χ2n) is 3.85. The van der Waals surface area contributed by atoms with Crippen molar-refractivity contribution in [3.63, 3.8) is 0 Å². The molecule has 0 unspecified atom stereocenters. The van der Waals surface area contributed by atoms with Crippen LogP contribution in [-0.4, -0.2) is 11.4 Å². The highest BCUT2D eigenvalue weighted by atomic mass is 79.9. The third kappa shape index (κ3) is 3.26. The van der Waals surface area contributed by atoms with Gasteiger partial charge in [0.2, 0.25) is 0 Å². The molecular formula is C12H11BrClNO. The monoisotopic (exact) mass is 299 g/mol. The zero-order valence-electron chi connectivity index (χ0n) is 8.97. The van der Waals surface area contributed by atoms with Crippen molar-refractivity contribution in [3.8, 4) is 12.3 Å². The Labute approximate surface area is 109 Å². The van der Waals surface area contributed by atoms with Crippen LogP contribution in [0.15, 0.2) is 22.7 Å². The molecule has 0 atom stereocenters. The molecule has 84 valence electrons. The maximum atomic E-state index is 11.8. The Morgan fingerprint density at radius 1 is 1.56 bits per heavy atom. The van der Waals surface area contributed by atoms with E-state index in [1.54, 1.807) is 32.0 Å². The maximum Gasteiger partial charge on any atom is 0.253 e. The summed E-state index contributed by atoms with van der Waals surface area (Å²) < 4.78 is 0.824. The van der Waals surface area contributed by atoms with Gasteiger partial charge in [-0.15, -0.1) is 6.42 Å². The zero-order valence-corrected chi connectivity index (χ0v) is 11.3. The Balaban J connectivity index is 2.95. The average molecular weight is 301 g/mol. The lowest BCUT2D eigenvalue weighted by molar-refractivity contribution is 0.0930. The van der Waals surface area contributed by atoms with E-state index >= 15 is 0 Å². The van der Waals surface area contributed by atoms with Crippen LogP contribution in [0.1, 0.15) is 24.2 Å². The lowest BCUT2D eigenvalue weighted by atomic mass is 10.1. The molecule has 0 bridgehead atoms. The van der Waals surface area contributed by atoms with Gasteiger partial charge in [-0.2, -0.15) is 0 Å². The van der Waals surface area contributed by atoms with Gasteiger partial charge in [-0.3, -0.25) is 4.79 Å². The van der Waals surface area contributed by atoms with E-state index in [9.17, 15) is 4.79 Å². The summed E-state index contributed by atoms with van der Waals surface area (Å²) in [5.41, 5.74) is -0.277. The van der Waals surface area contributed by atoms with E-state index in [0.717, 1.165) is 4.47 Å². The molecule has 4 heteroatoms. The summed E-state index contributed by atoms with van der Waals surface area (Å²) in [5, 5.41) is 3.10. The number of carbonyl (C=O) groups is 1. The van der Waals surface area contributed by atoms with Gasteiger partial charge in [-0.1, -0.05) is 33.5 Å². The van der Waals surface area contributed by atoms with Gasteiger partial charge in [-0.25, -0.2) is 0 Å². The fourth-order valence-electron chi connectivity index (χ4n) is 1.06. The first-order valence-electron chi connectivity index (χ1n) is 4.61. The van der Waals surface area contributed by atoms with Crippen molar-refractivity contribution in [2.24, 2.45) is 0 Å². The molecule has 0 fully saturated rings. The Hall–Kier alpha value is -0.980. The van der Waals surface area contributed by atoms with E-state index < -0.39 is 5.54 Å². The minimum absolute atomic E-state index is 0.277. The van der Waals surface area contributed by atoms with Crippen molar-refractivity contribution in [3.05, 3.63) is 33.3 Å². The molecule has 1 amide bonds. The number of carbonyl (C=O) groups excluding carboxylic acids is 1. The molecule has 0 aliphatic heterocycles. The Bertz CT molecular complexity index is 463. The molecule has 1 aromatic rings. The Morgan fingerprint density at radius 3 is 2.69 bits per heavy atom. The quantitative estimate of drug-likeness (QED) is 0.835. The maximum absolute atomic E-state index is 11.8. The van der Waals surface area contributed by atoms with E-state index in [1.165, 1.54) is 0 Å². The number of hydrogen-bond acceptors (Lipinski definition) is 1. The first-order chi connectivity index (χ1) is 7.35. The van der Waals surface area contributed by atoms with E-state index in [-0.39, 0.29) is 5.91 Å². The molecule has 16 heavy (non-hydrogen) atoms. The van der Waals surface area contributed by atoms with E-state index in [2.05, 4.69) is 27.2 Å². The van der Waals surface area contributed by atoms with Crippen molar-refractivity contribution < 1.29 is 4.79 Å². The Morgan fingerprint density at radius 2 is 2.19 bits per heavy atom. The SMILES string of the molecule is C#CC(C)(C)NC(=O)c1ccc(Br)cc1Cl. The molecule has 0 saturated carbocycles. The topological polar surface area (TPSA) is 29.1 Å². The fraction of sp³-hybridized carbons (Fsp3) is 0.250. The summed E-state index contributed by atoms with van der Waals surface area (Å²) in [4.78, 5) is 11.8. The van der Waals surface area contributed by atoms with Crippen LogP contribution < -0.4 is 5.32 Å². The molecule has 1 rings (SSSR count). The van der Waals surface area contributed by atoms with Crippen molar-refractivity contribution in [1.29, 1.82) is 0 Å². The molecule has 0 saturated heterocycles. The van der Waals surface area contributed by atoms with E-state index in [0.29, 0.717) is 10.6 Å². The number of halogens is 2. The first kappa shape index (κ1) is 13.1. The van der Waals surface area contributed by atoms with Crippen LogP contribution in [-0.2, 0) is 0 Å².